The van der Waals surface area contributed by atoms with Crippen LogP contribution in [0.15, 0.2) is 24.3 Å². The minimum Gasteiger partial charge on any atom is -0.545 e. The van der Waals surface area contributed by atoms with E-state index in [1.807, 2.05) is 0 Å². The van der Waals surface area contributed by atoms with Gasteiger partial charge in [0.2, 0.25) is 0 Å². The molecule has 0 unspecified atom stereocenters. The van der Waals surface area contributed by atoms with Gasteiger partial charge in [-0.2, -0.15) is 0 Å². The molecular weight excluding hydrogens is 388 g/mol. The molecule has 0 bridgehead atoms. The Morgan fingerprint density at radius 3 is 1.08 bits per heavy atom. The molecule has 0 aliphatic heterocycles. The number of carbonyl (C=O) groups excluding carboxylic acids is 4. The zero-order valence-corrected chi connectivity index (χ0v) is 22.6. The van der Waals surface area contributed by atoms with Crippen molar-refractivity contribution in [3.63, 3.8) is 0 Å². The molecule has 8 nitrogen and oxygen atoms in total. The van der Waals surface area contributed by atoms with Crippen molar-refractivity contribution < 1.29 is 158 Å². The molecule has 0 aromatic heterocycles. The molecule has 0 aliphatic carbocycles. The minimum absolute atomic E-state index is 0. The molecule has 0 saturated heterocycles. The van der Waals surface area contributed by atoms with E-state index >= 15 is 0 Å². The van der Waals surface area contributed by atoms with Crippen LogP contribution in [-0.4, -0.2) is 23.9 Å². The van der Waals surface area contributed by atoms with Gasteiger partial charge < -0.3 is 39.6 Å². The minimum atomic E-state index is -2.00. The SMILES string of the molecule is O=C([O-])c1ccc2ccc(C(=O)[O-])c(C(=O)[O-])c2c1C(=O)[O-].[Na+].[Na+].[Na+].[Na+]. The Kier molecular flexibility index (Phi) is 15.5. The van der Waals surface area contributed by atoms with E-state index in [0.29, 0.717) is 0 Å². The van der Waals surface area contributed by atoms with E-state index in [1.165, 1.54) is 0 Å². The van der Waals surface area contributed by atoms with Gasteiger partial charge in [-0.05, 0) is 5.39 Å². The van der Waals surface area contributed by atoms with Gasteiger partial charge in [-0.15, -0.1) is 0 Å². The van der Waals surface area contributed by atoms with Crippen LogP contribution in [0.5, 0.6) is 0 Å². The maximum absolute atomic E-state index is 11.2. The number of carboxylic acid groups (broad SMARTS) is 4. The van der Waals surface area contributed by atoms with Gasteiger partial charge in [0.25, 0.3) is 0 Å². The summed E-state index contributed by atoms with van der Waals surface area (Å²) >= 11 is 0. The number of hydrogen-bond donors (Lipinski definition) is 0. The molecule has 0 amide bonds. The van der Waals surface area contributed by atoms with E-state index in [0.717, 1.165) is 24.3 Å². The molecule has 0 saturated carbocycles. The second-order valence-electron chi connectivity index (χ2n) is 4.22. The summed E-state index contributed by atoms with van der Waals surface area (Å²) in [5.74, 6) is -7.76. The van der Waals surface area contributed by atoms with Crippen LogP contribution in [0.2, 0.25) is 0 Å². The third-order valence-electron chi connectivity index (χ3n) is 3.03. The predicted molar refractivity (Wildman–Crippen MR) is 61.3 cm³/mol. The number of benzene rings is 2. The standard InChI is InChI=1S/C14H8O8.4Na/c15-11(16)6-3-1-5-2-4-7(12(17)18)10(14(21)22)8(5)9(6)13(19)20;;;;/h1-4H,(H,15,16)(H,17,18)(H,19,20)(H,21,22);;;;/q;4*+1/p-4. The maximum atomic E-state index is 11.2. The van der Waals surface area contributed by atoms with Crippen LogP contribution in [0.25, 0.3) is 10.8 Å². The molecule has 2 aromatic carbocycles. The number of fused-ring (bicyclic) bond motifs is 1. The van der Waals surface area contributed by atoms with Crippen LogP contribution in [-0.2, 0) is 0 Å². The average molecular weight is 392 g/mol. The Morgan fingerprint density at radius 2 is 0.846 bits per heavy atom. The van der Waals surface area contributed by atoms with Gasteiger partial charge in [0.05, 0.1) is 23.9 Å². The van der Waals surface area contributed by atoms with Crippen LogP contribution < -0.4 is 139 Å². The van der Waals surface area contributed by atoms with Crippen molar-refractivity contribution in [2.45, 2.75) is 0 Å². The van der Waals surface area contributed by atoms with Gasteiger partial charge in [-0.3, -0.25) is 0 Å². The van der Waals surface area contributed by atoms with E-state index < -0.39 is 51.5 Å². The summed E-state index contributed by atoms with van der Waals surface area (Å²) in [7, 11) is 0. The average Bonchev–Trinajstić information content (AvgIpc) is 2.43. The fraction of sp³-hybridized carbons (Fsp3) is 0. The number of rotatable bonds is 4. The number of aromatic carboxylic acids is 4. The van der Waals surface area contributed by atoms with Crippen LogP contribution in [0.3, 0.4) is 0 Å². The second kappa shape index (κ2) is 12.9. The van der Waals surface area contributed by atoms with Crippen molar-refractivity contribution in [3.8, 4) is 0 Å². The Labute approximate surface area is 235 Å². The first-order chi connectivity index (χ1) is 10.3. The summed E-state index contributed by atoms with van der Waals surface area (Å²) in [5, 5.41) is 43.7. The number of hydrogen-bond acceptors (Lipinski definition) is 8. The summed E-state index contributed by atoms with van der Waals surface area (Å²) in [6, 6.07) is 4.00. The molecule has 26 heavy (non-hydrogen) atoms. The van der Waals surface area contributed by atoms with Crippen molar-refractivity contribution in [2.24, 2.45) is 0 Å². The Morgan fingerprint density at radius 1 is 0.538 bits per heavy atom. The Bertz CT molecular complexity index is 799. The molecule has 2 aromatic rings. The summed E-state index contributed by atoms with van der Waals surface area (Å²) in [6.45, 7) is 0. The number of carboxylic acids is 4. The molecule has 0 heterocycles. The summed E-state index contributed by atoms with van der Waals surface area (Å²) in [4.78, 5) is 44.4. The van der Waals surface area contributed by atoms with Gasteiger partial charge in [0.1, 0.15) is 0 Å². The van der Waals surface area contributed by atoms with E-state index in [4.69, 9.17) is 0 Å². The van der Waals surface area contributed by atoms with Crippen LogP contribution in [0, 0.1) is 0 Å². The first kappa shape index (κ1) is 31.3. The first-order valence-electron chi connectivity index (χ1n) is 5.70. The third kappa shape index (κ3) is 6.30. The van der Waals surface area contributed by atoms with Gasteiger partial charge in [-0.25, -0.2) is 0 Å². The first-order valence-corrected chi connectivity index (χ1v) is 5.70. The molecular formula is C14H4Na4O8. The molecule has 12 heteroatoms. The molecule has 0 fully saturated rings. The fourth-order valence-corrected chi connectivity index (χ4v) is 2.18. The smallest absolute Gasteiger partial charge is 0.545 e. The summed E-state index contributed by atoms with van der Waals surface area (Å²) in [6.07, 6.45) is 0. The van der Waals surface area contributed by atoms with Crippen molar-refractivity contribution in [1.82, 2.24) is 0 Å². The molecule has 2 rings (SSSR count). The largest absolute Gasteiger partial charge is 1.00 e. The van der Waals surface area contributed by atoms with Crippen molar-refractivity contribution in [1.29, 1.82) is 0 Å². The van der Waals surface area contributed by atoms with Crippen molar-refractivity contribution in [2.75, 3.05) is 0 Å². The molecule has 0 atom stereocenters. The monoisotopic (exact) mass is 392 g/mol. The topological polar surface area (TPSA) is 161 Å². The van der Waals surface area contributed by atoms with Crippen LogP contribution in [0.1, 0.15) is 41.4 Å². The van der Waals surface area contributed by atoms with E-state index in [1.54, 1.807) is 0 Å². The van der Waals surface area contributed by atoms with E-state index in [-0.39, 0.29) is 124 Å². The maximum Gasteiger partial charge on any atom is 1.00 e. The van der Waals surface area contributed by atoms with Crippen LogP contribution >= 0.6 is 0 Å². The summed E-state index contributed by atoms with van der Waals surface area (Å²) in [5.41, 5.74) is -3.68. The number of carbonyl (C=O) groups is 4. The fourth-order valence-electron chi connectivity index (χ4n) is 2.18. The molecule has 0 radical (unpaired) electrons. The normalized spacial score (nSPS) is 8.77. The second-order valence-corrected chi connectivity index (χ2v) is 4.22. The molecule has 0 aliphatic rings. The van der Waals surface area contributed by atoms with E-state index in [9.17, 15) is 39.6 Å². The quantitative estimate of drug-likeness (QED) is 0.464. The zero-order valence-electron chi connectivity index (χ0n) is 14.6. The van der Waals surface area contributed by atoms with Crippen molar-refractivity contribution in [3.05, 3.63) is 46.5 Å². The van der Waals surface area contributed by atoms with Gasteiger partial charge in [-0.1, -0.05) is 24.3 Å². The molecule has 0 spiro atoms. The molecule has 0 N–H and O–H groups in total. The van der Waals surface area contributed by atoms with Crippen molar-refractivity contribution >= 4 is 34.6 Å². The van der Waals surface area contributed by atoms with Gasteiger partial charge in [0.15, 0.2) is 0 Å². The Hall–Kier alpha value is 0.580. The summed E-state index contributed by atoms with van der Waals surface area (Å²) < 4.78 is 0. The predicted octanol–water partition coefficient (Wildman–Crippen LogP) is -15.7. The third-order valence-corrected chi connectivity index (χ3v) is 3.03. The Balaban J connectivity index is -0.00000132. The molecule has 112 valence electrons. The van der Waals surface area contributed by atoms with E-state index in [2.05, 4.69) is 0 Å². The van der Waals surface area contributed by atoms with Gasteiger partial charge >= 0.3 is 118 Å². The van der Waals surface area contributed by atoms with Gasteiger partial charge in [0, 0.05) is 27.6 Å². The van der Waals surface area contributed by atoms with Crippen LogP contribution in [0.4, 0.5) is 0 Å². The zero-order chi connectivity index (χ0) is 16.6.